The van der Waals surface area contributed by atoms with Gasteiger partial charge in [0.25, 0.3) is 0 Å². The molecule has 4 heteroatoms. The number of furan rings is 1. The first-order valence-corrected chi connectivity index (χ1v) is 6.40. The molecule has 2 aromatic rings. The lowest BCUT2D eigenvalue weighted by Gasteiger charge is -2.04. The van der Waals surface area contributed by atoms with Crippen molar-refractivity contribution >= 4 is 34.1 Å². The van der Waals surface area contributed by atoms with Crippen molar-refractivity contribution in [2.45, 2.75) is 6.42 Å². The lowest BCUT2D eigenvalue weighted by atomic mass is 10.2. The van der Waals surface area contributed by atoms with Gasteiger partial charge in [-0.05, 0) is 59.0 Å². The van der Waals surface area contributed by atoms with E-state index in [-0.39, 0.29) is 5.78 Å². The zero-order valence-electron chi connectivity index (χ0n) is 9.15. The van der Waals surface area contributed by atoms with Crippen LogP contribution in [0.15, 0.2) is 47.1 Å². The number of halogens is 1. The number of ketones is 1. The Morgan fingerprint density at radius 2 is 2.00 bits per heavy atom. The van der Waals surface area contributed by atoms with Crippen LogP contribution in [0.3, 0.4) is 0 Å². The molecule has 0 unspecified atom stereocenters. The van der Waals surface area contributed by atoms with Crippen LogP contribution in [0.4, 0.5) is 5.69 Å². The van der Waals surface area contributed by atoms with E-state index in [9.17, 15) is 4.79 Å². The second-order valence-electron chi connectivity index (χ2n) is 3.58. The highest BCUT2D eigenvalue weighted by Gasteiger charge is 2.07. The van der Waals surface area contributed by atoms with Gasteiger partial charge in [0.2, 0.25) is 0 Å². The Hall–Kier alpha value is -1.30. The fourth-order valence-corrected chi connectivity index (χ4v) is 1.81. The van der Waals surface area contributed by atoms with Crippen molar-refractivity contribution in [1.82, 2.24) is 0 Å². The molecule has 1 N–H and O–H groups in total. The van der Waals surface area contributed by atoms with Crippen molar-refractivity contribution in [2.24, 2.45) is 0 Å². The summed E-state index contributed by atoms with van der Waals surface area (Å²) in [6, 6.07) is 11.5. The van der Waals surface area contributed by atoms with Gasteiger partial charge in [-0.3, -0.25) is 4.79 Å². The highest BCUT2D eigenvalue weighted by atomic mass is 127. The number of anilines is 1. The molecule has 0 aliphatic rings. The number of hydrogen-bond acceptors (Lipinski definition) is 3. The van der Waals surface area contributed by atoms with Crippen molar-refractivity contribution in [1.29, 1.82) is 0 Å². The number of Topliss-reactive ketones (excluding diaryl/α,β-unsaturated/α-hetero) is 1. The largest absolute Gasteiger partial charge is 0.461 e. The van der Waals surface area contributed by atoms with Crippen LogP contribution in [-0.4, -0.2) is 12.3 Å². The summed E-state index contributed by atoms with van der Waals surface area (Å²) < 4.78 is 6.23. The molecular weight excluding hydrogens is 329 g/mol. The van der Waals surface area contributed by atoms with Crippen molar-refractivity contribution in [3.8, 4) is 0 Å². The topological polar surface area (TPSA) is 42.2 Å². The molecule has 0 spiro atoms. The summed E-state index contributed by atoms with van der Waals surface area (Å²) in [7, 11) is 0. The Morgan fingerprint density at radius 1 is 1.24 bits per heavy atom. The third-order valence-corrected chi connectivity index (χ3v) is 3.04. The SMILES string of the molecule is O=C(CCNc1ccc(I)cc1)c1ccco1. The van der Waals surface area contributed by atoms with Crippen LogP contribution < -0.4 is 5.32 Å². The molecule has 0 atom stereocenters. The van der Waals surface area contributed by atoms with Crippen molar-refractivity contribution in [3.63, 3.8) is 0 Å². The molecule has 0 aliphatic carbocycles. The van der Waals surface area contributed by atoms with Gasteiger partial charge in [-0.25, -0.2) is 0 Å². The number of carbonyl (C=O) groups is 1. The summed E-state index contributed by atoms with van der Waals surface area (Å²) in [5.74, 6) is 0.447. The number of benzene rings is 1. The Morgan fingerprint density at radius 3 is 2.65 bits per heavy atom. The van der Waals surface area contributed by atoms with E-state index in [2.05, 4.69) is 27.9 Å². The highest BCUT2D eigenvalue weighted by molar-refractivity contribution is 14.1. The van der Waals surface area contributed by atoms with Gasteiger partial charge in [0, 0.05) is 22.2 Å². The maximum absolute atomic E-state index is 11.6. The van der Waals surface area contributed by atoms with E-state index < -0.39 is 0 Å². The molecule has 0 amide bonds. The molecule has 0 aliphatic heterocycles. The Kier molecular flexibility index (Phi) is 4.19. The molecule has 1 aromatic heterocycles. The Labute approximate surface area is 113 Å². The zero-order chi connectivity index (χ0) is 12.1. The van der Waals surface area contributed by atoms with Crippen LogP contribution in [-0.2, 0) is 0 Å². The molecule has 2 rings (SSSR count). The lowest BCUT2D eigenvalue weighted by Crippen LogP contribution is -2.08. The maximum atomic E-state index is 11.6. The van der Waals surface area contributed by atoms with Gasteiger partial charge in [-0.2, -0.15) is 0 Å². The van der Waals surface area contributed by atoms with Crippen LogP contribution in [0.5, 0.6) is 0 Å². The standard InChI is InChI=1S/C13H12INO2/c14-10-3-5-11(6-4-10)15-8-7-12(16)13-2-1-9-17-13/h1-6,9,15H,7-8H2. The van der Waals surface area contributed by atoms with E-state index >= 15 is 0 Å². The maximum Gasteiger partial charge on any atom is 0.199 e. The molecule has 0 saturated carbocycles. The molecule has 0 bridgehead atoms. The lowest BCUT2D eigenvalue weighted by molar-refractivity contribution is 0.0960. The van der Waals surface area contributed by atoms with E-state index in [4.69, 9.17) is 4.42 Å². The zero-order valence-corrected chi connectivity index (χ0v) is 11.3. The summed E-state index contributed by atoms with van der Waals surface area (Å²) in [5.41, 5.74) is 1.03. The number of hydrogen-bond donors (Lipinski definition) is 1. The third-order valence-electron chi connectivity index (χ3n) is 2.32. The van der Waals surface area contributed by atoms with E-state index in [1.54, 1.807) is 12.1 Å². The van der Waals surface area contributed by atoms with E-state index in [0.29, 0.717) is 18.7 Å². The predicted molar refractivity (Wildman–Crippen MR) is 75.3 cm³/mol. The minimum atomic E-state index is 0.0213. The first-order valence-electron chi connectivity index (χ1n) is 5.32. The normalized spacial score (nSPS) is 10.2. The monoisotopic (exact) mass is 341 g/mol. The van der Waals surface area contributed by atoms with E-state index in [0.717, 1.165) is 5.69 Å². The van der Waals surface area contributed by atoms with Gasteiger partial charge >= 0.3 is 0 Å². The number of nitrogens with one attached hydrogen (secondary N) is 1. The summed E-state index contributed by atoms with van der Waals surface area (Å²) in [6.07, 6.45) is 1.94. The average molecular weight is 341 g/mol. The number of carbonyl (C=O) groups excluding carboxylic acids is 1. The van der Waals surface area contributed by atoms with E-state index in [1.165, 1.54) is 9.83 Å². The molecule has 17 heavy (non-hydrogen) atoms. The predicted octanol–water partition coefficient (Wildman–Crippen LogP) is 3.57. The summed E-state index contributed by atoms with van der Waals surface area (Å²) >= 11 is 2.26. The van der Waals surface area contributed by atoms with Crippen LogP contribution in [0, 0.1) is 3.57 Å². The molecule has 0 saturated heterocycles. The fraction of sp³-hybridized carbons (Fsp3) is 0.154. The van der Waals surface area contributed by atoms with Crippen LogP contribution >= 0.6 is 22.6 Å². The second kappa shape index (κ2) is 5.86. The van der Waals surface area contributed by atoms with E-state index in [1.807, 2.05) is 24.3 Å². The first kappa shape index (κ1) is 12.2. The van der Waals surface area contributed by atoms with Crippen molar-refractivity contribution < 1.29 is 9.21 Å². The summed E-state index contributed by atoms with van der Waals surface area (Å²) in [5, 5.41) is 3.20. The Balaban J connectivity index is 1.80. The molecule has 1 heterocycles. The molecular formula is C13H12INO2. The summed E-state index contributed by atoms with van der Waals surface area (Å²) in [6.45, 7) is 0.611. The van der Waals surface area contributed by atoms with Gasteiger partial charge in [-0.15, -0.1) is 0 Å². The molecule has 0 fully saturated rings. The van der Waals surface area contributed by atoms with Crippen LogP contribution in [0.2, 0.25) is 0 Å². The highest BCUT2D eigenvalue weighted by Crippen LogP contribution is 2.11. The van der Waals surface area contributed by atoms with Gasteiger partial charge in [-0.1, -0.05) is 0 Å². The minimum Gasteiger partial charge on any atom is -0.461 e. The van der Waals surface area contributed by atoms with Crippen molar-refractivity contribution in [3.05, 3.63) is 52.0 Å². The molecule has 0 radical (unpaired) electrons. The third kappa shape index (κ3) is 3.59. The quantitative estimate of drug-likeness (QED) is 0.668. The van der Waals surface area contributed by atoms with Gasteiger partial charge < -0.3 is 9.73 Å². The molecule has 3 nitrogen and oxygen atoms in total. The average Bonchev–Trinajstić information content (AvgIpc) is 2.85. The van der Waals surface area contributed by atoms with Gasteiger partial charge in [0.05, 0.1) is 6.26 Å². The minimum absolute atomic E-state index is 0.0213. The van der Waals surface area contributed by atoms with Crippen LogP contribution in [0.25, 0.3) is 0 Å². The molecule has 88 valence electrons. The summed E-state index contributed by atoms with van der Waals surface area (Å²) in [4.78, 5) is 11.6. The Bertz CT molecular complexity index is 477. The number of rotatable bonds is 5. The van der Waals surface area contributed by atoms with Crippen molar-refractivity contribution in [2.75, 3.05) is 11.9 Å². The smallest absolute Gasteiger partial charge is 0.199 e. The second-order valence-corrected chi connectivity index (χ2v) is 4.83. The van der Waals surface area contributed by atoms with Crippen LogP contribution in [0.1, 0.15) is 17.0 Å². The fourth-order valence-electron chi connectivity index (χ4n) is 1.45. The molecule has 1 aromatic carbocycles. The van der Waals surface area contributed by atoms with Gasteiger partial charge in [0.15, 0.2) is 11.5 Å². The first-order chi connectivity index (χ1) is 8.25. The van der Waals surface area contributed by atoms with Gasteiger partial charge in [0.1, 0.15) is 0 Å².